The fraction of sp³-hybridized carbons (Fsp3) is 0.333. The minimum Gasteiger partial charge on any atom is -0.463 e. The summed E-state index contributed by atoms with van der Waals surface area (Å²) in [6.45, 7) is 3.54. The van der Waals surface area contributed by atoms with Gasteiger partial charge in [-0.1, -0.05) is 6.08 Å². The van der Waals surface area contributed by atoms with Gasteiger partial charge in [0.2, 0.25) is 11.7 Å². The topological polar surface area (TPSA) is 52.3 Å². The molecule has 13 heavy (non-hydrogen) atoms. The molecule has 1 aromatic heterocycles. The van der Waals surface area contributed by atoms with Crippen LogP contribution >= 0.6 is 0 Å². The van der Waals surface area contributed by atoms with Gasteiger partial charge in [-0.3, -0.25) is 0 Å². The van der Waals surface area contributed by atoms with Gasteiger partial charge in [-0.05, 0) is 19.9 Å². The number of allylic oxidation sites excluding steroid dienone is 1. The number of carbonyl (C=O) groups excluding carboxylic acids is 1. The first-order valence-corrected chi connectivity index (χ1v) is 3.87. The van der Waals surface area contributed by atoms with Crippen LogP contribution in [-0.2, 0) is 4.74 Å². The van der Waals surface area contributed by atoms with Crippen molar-refractivity contribution in [1.82, 2.24) is 4.98 Å². The lowest BCUT2D eigenvalue weighted by Crippen LogP contribution is -2.00. The largest absolute Gasteiger partial charge is 0.463 e. The second-order valence-electron chi connectivity index (χ2n) is 2.46. The van der Waals surface area contributed by atoms with Crippen molar-refractivity contribution in [2.75, 3.05) is 7.11 Å². The molecule has 4 nitrogen and oxygen atoms in total. The maximum atomic E-state index is 11.1. The van der Waals surface area contributed by atoms with Gasteiger partial charge in [0.15, 0.2) is 0 Å². The zero-order valence-electron chi connectivity index (χ0n) is 7.83. The van der Waals surface area contributed by atoms with Crippen LogP contribution < -0.4 is 0 Å². The van der Waals surface area contributed by atoms with E-state index in [0.717, 1.165) is 0 Å². The standard InChI is InChI=1S/C9H11NO3/c1-4-5-7-10-6(2)8(13-7)9(11)12-3/h4-5H,1-3H3. The van der Waals surface area contributed by atoms with Crippen LogP contribution in [0.5, 0.6) is 0 Å². The van der Waals surface area contributed by atoms with Gasteiger partial charge in [0.05, 0.1) is 12.8 Å². The molecule has 0 unspecified atom stereocenters. The number of esters is 1. The number of rotatable bonds is 2. The summed E-state index contributed by atoms with van der Waals surface area (Å²) < 4.78 is 9.65. The Morgan fingerprint density at radius 2 is 2.31 bits per heavy atom. The van der Waals surface area contributed by atoms with Crippen molar-refractivity contribution >= 4 is 12.0 Å². The van der Waals surface area contributed by atoms with Crippen LogP contribution in [0.15, 0.2) is 10.5 Å². The minimum absolute atomic E-state index is 0.163. The van der Waals surface area contributed by atoms with E-state index >= 15 is 0 Å². The van der Waals surface area contributed by atoms with Crippen LogP contribution in [-0.4, -0.2) is 18.1 Å². The number of aryl methyl sites for hydroxylation is 1. The number of nitrogens with zero attached hydrogens (tertiary/aromatic N) is 1. The predicted octanol–water partition coefficient (Wildman–Crippen LogP) is 1.80. The van der Waals surface area contributed by atoms with E-state index in [4.69, 9.17) is 4.42 Å². The molecule has 0 radical (unpaired) electrons. The molecule has 0 aliphatic heterocycles. The van der Waals surface area contributed by atoms with Crippen molar-refractivity contribution in [3.05, 3.63) is 23.4 Å². The fourth-order valence-electron chi connectivity index (χ4n) is 0.913. The predicted molar refractivity (Wildman–Crippen MR) is 47.3 cm³/mol. The minimum atomic E-state index is -0.499. The molecule has 0 aliphatic carbocycles. The Bertz CT molecular complexity index is 339. The van der Waals surface area contributed by atoms with Crippen LogP contribution in [0.25, 0.3) is 6.08 Å². The lowest BCUT2D eigenvalue weighted by Gasteiger charge is -1.92. The molecule has 4 heteroatoms. The van der Waals surface area contributed by atoms with Crippen LogP contribution in [0, 0.1) is 6.92 Å². The summed E-state index contributed by atoms with van der Waals surface area (Å²) in [6.07, 6.45) is 3.46. The van der Waals surface area contributed by atoms with Crippen molar-refractivity contribution in [2.24, 2.45) is 0 Å². The summed E-state index contributed by atoms with van der Waals surface area (Å²) in [7, 11) is 1.31. The molecule has 0 saturated heterocycles. The third-order valence-corrected chi connectivity index (χ3v) is 1.49. The number of hydrogen-bond acceptors (Lipinski definition) is 4. The summed E-state index contributed by atoms with van der Waals surface area (Å²) in [5, 5.41) is 0. The highest BCUT2D eigenvalue weighted by atomic mass is 16.5. The van der Waals surface area contributed by atoms with Crippen LogP contribution in [0.2, 0.25) is 0 Å². The molecule has 1 heterocycles. The van der Waals surface area contributed by atoms with E-state index in [1.165, 1.54) is 7.11 Å². The van der Waals surface area contributed by atoms with E-state index in [0.29, 0.717) is 11.6 Å². The Balaban J connectivity index is 3.02. The summed E-state index contributed by atoms with van der Waals surface area (Å²) in [6, 6.07) is 0. The molecule has 70 valence electrons. The first kappa shape index (κ1) is 9.51. The van der Waals surface area contributed by atoms with Gasteiger partial charge in [0.1, 0.15) is 0 Å². The molecule has 1 rings (SSSR count). The van der Waals surface area contributed by atoms with Crippen molar-refractivity contribution in [1.29, 1.82) is 0 Å². The Morgan fingerprint density at radius 3 is 2.85 bits per heavy atom. The van der Waals surface area contributed by atoms with Crippen molar-refractivity contribution < 1.29 is 13.9 Å². The number of ether oxygens (including phenoxy) is 1. The quantitative estimate of drug-likeness (QED) is 0.653. The molecular weight excluding hydrogens is 170 g/mol. The number of oxazole rings is 1. The molecule has 0 bridgehead atoms. The molecule has 0 saturated carbocycles. The zero-order chi connectivity index (χ0) is 9.84. The van der Waals surface area contributed by atoms with E-state index in [9.17, 15) is 4.79 Å². The smallest absolute Gasteiger partial charge is 0.375 e. The first-order chi connectivity index (χ1) is 6.19. The summed E-state index contributed by atoms with van der Waals surface area (Å²) in [5.41, 5.74) is 0.542. The lowest BCUT2D eigenvalue weighted by atomic mass is 10.4. The Labute approximate surface area is 76.2 Å². The van der Waals surface area contributed by atoms with Crippen LogP contribution in [0.1, 0.15) is 29.1 Å². The van der Waals surface area contributed by atoms with E-state index in [-0.39, 0.29) is 5.76 Å². The maximum Gasteiger partial charge on any atom is 0.375 e. The summed E-state index contributed by atoms with van der Waals surface area (Å²) >= 11 is 0. The van der Waals surface area contributed by atoms with Gasteiger partial charge >= 0.3 is 5.97 Å². The van der Waals surface area contributed by atoms with Crippen molar-refractivity contribution in [3.8, 4) is 0 Å². The highest BCUT2D eigenvalue weighted by Crippen LogP contribution is 2.12. The summed E-state index contributed by atoms with van der Waals surface area (Å²) in [4.78, 5) is 15.1. The SMILES string of the molecule is CC=Cc1nc(C)c(C(=O)OC)o1. The monoisotopic (exact) mass is 181 g/mol. The first-order valence-electron chi connectivity index (χ1n) is 3.87. The molecule has 1 aromatic rings. The Kier molecular flexibility index (Phi) is 2.84. The van der Waals surface area contributed by atoms with E-state index in [1.54, 1.807) is 19.1 Å². The van der Waals surface area contributed by atoms with Gasteiger partial charge in [0.25, 0.3) is 0 Å². The average molecular weight is 181 g/mol. The molecule has 0 N–H and O–H groups in total. The maximum absolute atomic E-state index is 11.1. The molecule has 0 amide bonds. The van der Waals surface area contributed by atoms with Crippen LogP contribution in [0.3, 0.4) is 0 Å². The molecule has 0 spiro atoms. The number of hydrogen-bond donors (Lipinski definition) is 0. The lowest BCUT2D eigenvalue weighted by molar-refractivity contribution is 0.0563. The van der Waals surface area contributed by atoms with E-state index in [2.05, 4.69) is 9.72 Å². The number of carbonyl (C=O) groups is 1. The Hall–Kier alpha value is -1.58. The number of methoxy groups -OCH3 is 1. The Morgan fingerprint density at radius 1 is 1.62 bits per heavy atom. The van der Waals surface area contributed by atoms with Crippen molar-refractivity contribution in [3.63, 3.8) is 0 Å². The highest BCUT2D eigenvalue weighted by molar-refractivity contribution is 5.87. The fourth-order valence-corrected chi connectivity index (χ4v) is 0.913. The number of aromatic nitrogens is 1. The van der Waals surface area contributed by atoms with Crippen LogP contribution in [0.4, 0.5) is 0 Å². The van der Waals surface area contributed by atoms with Gasteiger partial charge < -0.3 is 9.15 Å². The molecule has 0 atom stereocenters. The van der Waals surface area contributed by atoms with Gasteiger partial charge in [-0.2, -0.15) is 0 Å². The molecular formula is C9H11NO3. The van der Waals surface area contributed by atoms with Gasteiger partial charge in [-0.25, -0.2) is 9.78 Å². The van der Waals surface area contributed by atoms with Gasteiger partial charge in [-0.15, -0.1) is 0 Å². The molecule has 0 fully saturated rings. The summed E-state index contributed by atoms with van der Waals surface area (Å²) in [5.74, 6) is 0.0803. The van der Waals surface area contributed by atoms with E-state index in [1.807, 2.05) is 6.92 Å². The second kappa shape index (κ2) is 3.89. The van der Waals surface area contributed by atoms with Crippen molar-refractivity contribution in [2.45, 2.75) is 13.8 Å². The third kappa shape index (κ3) is 1.96. The highest BCUT2D eigenvalue weighted by Gasteiger charge is 2.16. The third-order valence-electron chi connectivity index (χ3n) is 1.49. The van der Waals surface area contributed by atoms with E-state index < -0.39 is 5.97 Å². The van der Waals surface area contributed by atoms with Gasteiger partial charge in [0, 0.05) is 0 Å². The zero-order valence-corrected chi connectivity index (χ0v) is 7.83. The molecule has 0 aromatic carbocycles. The molecule has 0 aliphatic rings. The second-order valence-corrected chi connectivity index (χ2v) is 2.46. The normalized spacial score (nSPS) is 10.7. The average Bonchev–Trinajstić information content (AvgIpc) is 2.46.